The molecule has 1 atom stereocenters. The van der Waals surface area contributed by atoms with Crippen LogP contribution in [0.5, 0.6) is 5.75 Å². The van der Waals surface area contributed by atoms with Gasteiger partial charge in [0.15, 0.2) is 0 Å². The summed E-state index contributed by atoms with van der Waals surface area (Å²) in [5.41, 5.74) is 1.42. The Morgan fingerprint density at radius 3 is 3.06 bits per heavy atom. The van der Waals surface area contributed by atoms with Crippen LogP contribution >= 0.6 is 27.3 Å². The minimum absolute atomic E-state index is 0.112. The van der Waals surface area contributed by atoms with Crippen LogP contribution in [0.1, 0.15) is 16.5 Å². The number of thiophene rings is 1. The highest BCUT2D eigenvalue weighted by Crippen LogP contribution is 2.33. The van der Waals surface area contributed by atoms with E-state index in [0.717, 1.165) is 29.7 Å². The predicted octanol–water partition coefficient (Wildman–Crippen LogP) is 3.78. The lowest BCUT2D eigenvalue weighted by atomic mass is 10.1. The maximum absolute atomic E-state index is 6.15. The monoisotopic (exact) mass is 323 g/mol. The van der Waals surface area contributed by atoms with Crippen molar-refractivity contribution in [2.45, 2.75) is 12.5 Å². The summed E-state index contributed by atoms with van der Waals surface area (Å²) in [5, 5.41) is 5.60. The second-order valence-electron chi connectivity index (χ2n) is 4.30. The molecule has 2 aromatic rings. The van der Waals surface area contributed by atoms with Crippen LogP contribution in [0.4, 0.5) is 0 Å². The zero-order chi connectivity index (χ0) is 12.4. The molecule has 0 saturated carbocycles. The minimum Gasteiger partial charge on any atom is -0.482 e. The second kappa shape index (κ2) is 5.43. The van der Waals surface area contributed by atoms with Crippen molar-refractivity contribution in [3.63, 3.8) is 0 Å². The Morgan fingerprint density at radius 2 is 2.17 bits per heavy atom. The summed E-state index contributed by atoms with van der Waals surface area (Å²) in [4.78, 5) is 1.36. The van der Waals surface area contributed by atoms with Crippen LogP contribution in [0.15, 0.2) is 40.2 Å². The van der Waals surface area contributed by atoms with Crippen LogP contribution < -0.4 is 10.1 Å². The number of hydrogen-bond acceptors (Lipinski definition) is 3. The summed E-state index contributed by atoms with van der Waals surface area (Å²) in [5.74, 6) is 0.908. The fourth-order valence-electron chi connectivity index (χ4n) is 2.17. The van der Waals surface area contributed by atoms with Gasteiger partial charge < -0.3 is 10.1 Å². The van der Waals surface area contributed by atoms with E-state index in [4.69, 9.17) is 4.74 Å². The van der Waals surface area contributed by atoms with Crippen molar-refractivity contribution in [1.29, 1.82) is 0 Å². The van der Waals surface area contributed by atoms with Gasteiger partial charge in [-0.15, -0.1) is 11.3 Å². The number of hydrogen-bond donors (Lipinski definition) is 1. The van der Waals surface area contributed by atoms with E-state index >= 15 is 0 Å². The van der Waals surface area contributed by atoms with E-state index in [-0.39, 0.29) is 6.10 Å². The Balaban J connectivity index is 1.87. The third kappa shape index (κ3) is 2.46. The second-order valence-corrected chi connectivity index (χ2v) is 6.10. The molecule has 0 amide bonds. The van der Waals surface area contributed by atoms with Gasteiger partial charge in [0.2, 0.25) is 0 Å². The molecule has 1 aliphatic heterocycles. The SMILES string of the molecule is Brc1ccccc1OC1CNCCc2ccsc21. The summed E-state index contributed by atoms with van der Waals surface area (Å²) in [7, 11) is 0. The van der Waals surface area contributed by atoms with E-state index in [1.54, 1.807) is 11.3 Å². The number of ether oxygens (including phenoxy) is 1. The largest absolute Gasteiger partial charge is 0.482 e. The third-order valence-electron chi connectivity index (χ3n) is 3.08. The van der Waals surface area contributed by atoms with Crippen LogP contribution in [0, 0.1) is 0 Å². The van der Waals surface area contributed by atoms with Gasteiger partial charge in [-0.3, -0.25) is 0 Å². The Bertz CT molecular complexity index is 540. The van der Waals surface area contributed by atoms with Gasteiger partial charge in [-0.25, -0.2) is 0 Å². The summed E-state index contributed by atoms with van der Waals surface area (Å²) >= 11 is 5.32. The Kier molecular flexibility index (Phi) is 3.68. The van der Waals surface area contributed by atoms with Crippen LogP contribution in [0.2, 0.25) is 0 Å². The van der Waals surface area contributed by atoms with E-state index in [2.05, 4.69) is 32.7 Å². The number of para-hydroxylation sites is 1. The van der Waals surface area contributed by atoms with E-state index in [0.29, 0.717) is 0 Å². The molecule has 1 aromatic carbocycles. The molecule has 4 heteroatoms. The van der Waals surface area contributed by atoms with Crippen molar-refractivity contribution in [3.8, 4) is 5.75 Å². The number of nitrogens with one attached hydrogen (secondary N) is 1. The molecule has 0 fully saturated rings. The van der Waals surface area contributed by atoms with Crippen LogP contribution in [-0.4, -0.2) is 13.1 Å². The first-order chi connectivity index (χ1) is 8.84. The topological polar surface area (TPSA) is 21.3 Å². The molecule has 1 aromatic heterocycles. The Labute approximate surface area is 119 Å². The standard InChI is InChI=1S/C14H14BrNOS/c15-11-3-1-2-4-12(11)17-13-9-16-7-5-10-6-8-18-14(10)13/h1-4,6,8,13,16H,5,7,9H2. The van der Waals surface area contributed by atoms with E-state index < -0.39 is 0 Å². The number of fused-ring (bicyclic) bond motifs is 1. The highest BCUT2D eigenvalue weighted by Gasteiger charge is 2.21. The van der Waals surface area contributed by atoms with Crippen molar-refractivity contribution in [2.75, 3.05) is 13.1 Å². The number of rotatable bonds is 2. The zero-order valence-corrected chi connectivity index (χ0v) is 12.3. The molecule has 3 rings (SSSR count). The van der Waals surface area contributed by atoms with Crippen LogP contribution in [-0.2, 0) is 6.42 Å². The molecule has 0 saturated heterocycles. The Hall–Kier alpha value is -0.840. The normalized spacial score (nSPS) is 19.1. The fourth-order valence-corrected chi connectivity index (χ4v) is 3.54. The molecule has 0 bridgehead atoms. The summed E-state index contributed by atoms with van der Waals surface area (Å²) in [6.07, 6.45) is 1.20. The summed E-state index contributed by atoms with van der Waals surface area (Å²) in [6.45, 7) is 1.90. The highest BCUT2D eigenvalue weighted by molar-refractivity contribution is 9.10. The maximum atomic E-state index is 6.15. The molecule has 94 valence electrons. The van der Waals surface area contributed by atoms with E-state index in [9.17, 15) is 0 Å². The lowest BCUT2D eigenvalue weighted by Crippen LogP contribution is -2.23. The van der Waals surface area contributed by atoms with Gasteiger partial charge in [0.25, 0.3) is 0 Å². The minimum atomic E-state index is 0.112. The number of halogens is 1. The fraction of sp³-hybridized carbons (Fsp3) is 0.286. The molecular formula is C14H14BrNOS. The summed E-state index contributed by atoms with van der Waals surface area (Å²) in [6, 6.07) is 10.2. The molecule has 2 nitrogen and oxygen atoms in total. The molecule has 0 radical (unpaired) electrons. The first-order valence-corrected chi connectivity index (χ1v) is 7.70. The van der Waals surface area contributed by atoms with Crippen LogP contribution in [0.3, 0.4) is 0 Å². The first kappa shape index (κ1) is 12.2. The zero-order valence-electron chi connectivity index (χ0n) is 9.86. The van der Waals surface area contributed by atoms with E-state index in [1.165, 1.54) is 10.4 Å². The summed E-state index contributed by atoms with van der Waals surface area (Å²) < 4.78 is 7.16. The quantitative estimate of drug-likeness (QED) is 0.908. The van der Waals surface area contributed by atoms with Gasteiger partial charge in [0, 0.05) is 11.4 Å². The first-order valence-electron chi connectivity index (χ1n) is 6.03. The predicted molar refractivity (Wildman–Crippen MR) is 78.4 cm³/mol. The van der Waals surface area contributed by atoms with Crippen LogP contribution in [0.25, 0.3) is 0 Å². The molecule has 2 heterocycles. The average molecular weight is 324 g/mol. The molecule has 1 N–H and O–H groups in total. The van der Waals surface area contributed by atoms with Crippen molar-refractivity contribution >= 4 is 27.3 Å². The smallest absolute Gasteiger partial charge is 0.145 e. The molecule has 1 aliphatic rings. The Morgan fingerprint density at radius 1 is 1.28 bits per heavy atom. The van der Waals surface area contributed by atoms with Gasteiger partial charge in [-0.1, -0.05) is 12.1 Å². The molecular weight excluding hydrogens is 310 g/mol. The molecule has 0 aliphatic carbocycles. The highest BCUT2D eigenvalue weighted by atomic mass is 79.9. The van der Waals surface area contributed by atoms with Crippen molar-refractivity contribution < 1.29 is 4.74 Å². The van der Waals surface area contributed by atoms with Gasteiger partial charge in [0.05, 0.1) is 4.47 Å². The van der Waals surface area contributed by atoms with E-state index in [1.807, 2.05) is 24.3 Å². The molecule has 18 heavy (non-hydrogen) atoms. The average Bonchev–Trinajstić information content (AvgIpc) is 2.76. The third-order valence-corrected chi connectivity index (χ3v) is 4.79. The lowest BCUT2D eigenvalue weighted by Gasteiger charge is -2.18. The van der Waals surface area contributed by atoms with Gasteiger partial charge in [0.1, 0.15) is 11.9 Å². The lowest BCUT2D eigenvalue weighted by molar-refractivity contribution is 0.207. The van der Waals surface area contributed by atoms with Crippen molar-refractivity contribution in [1.82, 2.24) is 5.32 Å². The van der Waals surface area contributed by atoms with Crippen molar-refractivity contribution in [3.05, 3.63) is 50.6 Å². The number of benzene rings is 1. The maximum Gasteiger partial charge on any atom is 0.145 e. The van der Waals surface area contributed by atoms with Gasteiger partial charge >= 0.3 is 0 Å². The molecule has 1 unspecified atom stereocenters. The van der Waals surface area contributed by atoms with Gasteiger partial charge in [-0.05, 0) is 58.0 Å². The van der Waals surface area contributed by atoms with Gasteiger partial charge in [-0.2, -0.15) is 0 Å². The van der Waals surface area contributed by atoms with Crippen molar-refractivity contribution in [2.24, 2.45) is 0 Å². The molecule has 0 spiro atoms.